The molecule has 7 heteroatoms. The van der Waals surface area contributed by atoms with Gasteiger partial charge in [-0.05, 0) is 25.0 Å². The van der Waals surface area contributed by atoms with Crippen LogP contribution in [0.25, 0.3) is 11.4 Å². The minimum absolute atomic E-state index is 0.0772. The van der Waals surface area contributed by atoms with Gasteiger partial charge in [-0.2, -0.15) is 4.98 Å². The normalized spacial score (nSPS) is 21.4. The molecule has 1 aromatic carbocycles. The largest absolute Gasteiger partial charge is 0.368 e. The molecule has 6 nitrogen and oxygen atoms in total. The highest BCUT2D eigenvalue weighted by Gasteiger charge is 2.39. The van der Waals surface area contributed by atoms with Gasteiger partial charge in [-0.1, -0.05) is 28.9 Å². The molecular weight excluding hydrogens is 318 g/mol. The van der Waals surface area contributed by atoms with Crippen molar-refractivity contribution in [1.82, 2.24) is 15.0 Å². The quantitative estimate of drug-likeness (QED) is 0.863. The van der Waals surface area contributed by atoms with Gasteiger partial charge < -0.3 is 14.2 Å². The first-order valence-corrected chi connectivity index (χ1v) is 8.08. The monoisotopic (exact) mass is 333 g/mol. The van der Waals surface area contributed by atoms with E-state index in [9.17, 15) is 4.79 Å². The van der Waals surface area contributed by atoms with Crippen LogP contribution >= 0.6 is 11.6 Å². The molecule has 0 spiro atoms. The first-order chi connectivity index (χ1) is 11.2. The molecule has 2 aromatic rings. The molecule has 120 valence electrons. The average molecular weight is 334 g/mol. The summed E-state index contributed by atoms with van der Waals surface area (Å²) < 4.78 is 10.8. The van der Waals surface area contributed by atoms with Crippen molar-refractivity contribution in [2.24, 2.45) is 0 Å². The summed E-state index contributed by atoms with van der Waals surface area (Å²) in [7, 11) is 0. The maximum Gasteiger partial charge on any atom is 0.251 e. The smallest absolute Gasteiger partial charge is 0.251 e. The van der Waals surface area contributed by atoms with E-state index in [0.29, 0.717) is 36.4 Å². The van der Waals surface area contributed by atoms with E-state index in [-0.39, 0.29) is 17.9 Å². The Hall–Kier alpha value is -1.92. The summed E-state index contributed by atoms with van der Waals surface area (Å²) in [5.41, 5.74) is 0.819. The first-order valence-electron chi connectivity index (χ1n) is 7.70. The van der Waals surface area contributed by atoms with E-state index in [2.05, 4.69) is 10.1 Å². The van der Waals surface area contributed by atoms with Crippen LogP contribution in [0.2, 0.25) is 5.02 Å². The van der Waals surface area contributed by atoms with Crippen LogP contribution in [0.1, 0.15) is 24.7 Å². The average Bonchev–Trinajstić information content (AvgIpc) is 3.17. The van der Waals surface area contributed by atoms with Crippen LogP contribution in [-0.4, -0.2) is 46.7 Å². The number of likely N-dealkylation sites (tertiary alicyclic amines) is 1. The van der Waals surface area contributed by atoms with E-state index in [1.807, 2.05) is 12.1 Å². The SMILES string of the molecule is O=C(C1CCCO1)N1CC(c2nc(-c3cccc(Cl)c3)no2)C1. The van der Waals surface area contributed by atoms with Crippen molar-refractivity contribution in [3.63, 3.8) is 0 Å². The Balaban J connectivity index is 1.40. The number of hydrogen-bond acceptors (Lipinski definition) is 5. The highest BCUT2D eigenvalue weighted by Crippen LogP contribution is 2.30. The number of amides is 1. The third-order valence-electron chi connectivity index (χ3n) is 4.27. The van der Waals surface area contributed by atoms with E-state index in [4.69, 9.17) is 20.9 Å². The van der Waals surface area contributed by atoms with Gasteiger partial charge >= 0.3 is 0 Å². The number of ether oxygens (including phenoxy) is 1. The molecule has 3 heterocycles. The fourth-order valence-corrected chi connectivity index (χ4v) is 3.13. The molecule has 1 amide bonds. The maximum absolute atomic E-state index is 12.2. The van der Waals surface area contributed by atoms with Crippen LogP contribution in [0.3, 0.4) is 0 Å². The molecule has 1 aromatic heterocycles. The van der Waals surface area contributed by atoms with Gasteiger partial charge in [-0.15, -0.1) is 0 Å². The number of nitrogens with zero attached hydrogens (tertiary/aromatic N) is 3. The number of halogens is 1. The second-order valence-electron chi connectivity index (χ2n) is 5.91. The van der Waals surface area contributed by atoms with Crippen molar-refractivity contribution in [1.29, 1.82) is 0 Å². The van der Waals surface area contributed by atoms with Gasteiger partial charge in [0.2, 0.25) is 11.7 Å². The van der Waals surface area contributed by atoms with E-state index in [0.717, 1.165) is 18.4 Å². The molecule has 0 aliphatic carbocycles. The van der Waals surface area contributed by atoms with Crippen molar-refractivity contribution in [2.75, 3.05) is 19.7 Å². The molecule has 2 aliphatic heterocycles. The minimum Gasteiger partial charge on any atom is -0.368 e. The van der Waals surface area contributed by atoms with Crippen molar-refractivity contribution in [3.8, 4) is 11.4 Å². The molecule has 2 fully saturated rings. The molecule has 0 saturated carbocycles. The standard InChI is InChI=1S/C16H16ClN3O3/c17-12-4-1-3-10(7-12)14-18-15(23-19-14)11-8-20(9-11)16(21)13-5-2-6-22-13/h1,3-4,7,11,13H,2,5-6,8-9H2. The summed E-state index contributed by atoms with van der Waals surface area (Å²) in [6.07, 6.45) is 1.51. The summed E-state index contributed by atoms with van der Waals surface area (Å²) in [5.74, 6) is 1.26. The maximum atomic E-state index is 12.2. The summed E-state index contributed by atoms with van der Waals surface area (Å²) in [4.78, 5) is 18.4. The van der Waals surface area contributed by atoms with Crippen molar-refractivity contribution >= 4 is 17.5 Å². The lowest BCUT2D eigenvalue weighted by atomic mass is 9.99. The van der Waals surface area contributed by atoms with Gasteiger partial charge in [0.05, 0.1) is 5.92 Å². The highest BCUT2D eigenvalue weighted by molar-refractivity contribution is 6.30. The van der Waals surface area contributed by atoms with Gasteiger partial charge in [0, 0.05) is 30.3 Å². The van der Waals surface area contributed by atoms with Crippen LogP contribution in [0.4, 0.5) is 0 Å². The van der Waals surface area contributed by atoms with Gasteiger partial charge in [0.25, 0.3) is 5.91 Å². The number of carbonyl (C=O) groups excluding carboxylic acids is 1. The third kappa shape index (κ3) is 2.84. The molecule has 4 rings (SSSR count). The number of rotatable bonds is 3. The summed E-state index contributed by atoms with van der Waals surface area (Å²) in [5, 5.41) is 4.64. The Bertz CT molecular complexity index is 721. The number of benzene rings is 1. The number of carbonyl (C=O) groups is 1. The van der Waals surface area contributed by atoms with Crippen LogP contribution < -0.4 is 0 Å². The lowest BCUT2D eigenvalue weighted by Crippen LogP contribution is -2.52. The van der Waals surface area contributed by atoms with E-state index >= 15 is 0 Å². The Morgan fingerprint density at radius 1 is 1.35 bits per heavy atom. The van der Waals surface area contributed by atoms with Gasteiger partial charge in [-0.3, -0.25) is 4.79 Å². The lowest BCUT2D eigenvalue weighted by Gasteiger charge is -2.38. The Morgan fingerprint density at radius 3 is 2.96 bits per heavy atom. The van der Waals surface area contributed by atoms with Crippen LogP contribution in [0.5, 0.6) is 0 Å². The number of hydrogen-bond donors (Lipinski definition) is 0. The predicted octanol–water partition coefficient (Wildman–Crippen LogP) is 2.49. The van der Waals surface area contributed by atoms with Gasteiger partial charge in [0.15, 0.2) is 0 Å². The first kappa shape index (κ1) is 14.7. The summed E-state index contributed by atoms with van der Waals surface area (Å²) in [6.45, 7) is 1.89. The highest BCUT2D eigenvalue weighted by atomic mass is 35.5. The van der Waals surface area contributed by atoms with Crippen LogP contribution in [0, 0.1) is 0 Å². The summed E-state index contributed by atoms with van der Waals surface area (Å²) >= 11 is 5.98. The molecule has 2 aliphatic rings. The van der Waals surface area contributed by atoms with E-state index < -0.39 is 0 Å². The Morgan fingerprint density at radius 2 is 2.22 bits per heavy atom. The zero-order chi connectivity index (χ0) is 15.8. The molecule has 0 radical (unpaired) electrons. The predicted molar refractivity (Wildman–Crippen MR) is 83.0 cm³/mol. The molecule has 23 heavy (non-hydrogen) atoms. The molecule has 0 N–H and O–H groups in total. The molecule has 2 saturated heterocycles. The fraction of sp³-hybridized carbons (Fsp3) is 0.438. The molecule has 1 atom stereocenters. The third-order valence-corrected chi connectivity index (χ3v) is 4.51. The topological polar surface area (TPSA) is 68.5 Å². The molecular formula is C16H16ClN3O3. The Labute approximate surface area is 138 Å². The van der Waals surface area contributed by atoms with Crippen molar-refractivity contribution < 1.29 is 14.1 Å². The van der Waals surface area contributed by atoms with Crippen LogP contribution in [-0.2, 0) is 9.53 Å². The Kier molecular flexibility index (Phi) is 3.79. The van der Waals surface area contributed by atoms with E-state index in [1.165, 1.54) is 0 Å². The van der Waals surface area contributed by atoms with Gasteiger partial charge in [-0.25, -0.2) is 0 Å². The second-order valence-corrected chi connectivity index (χ2v) is 6.34. The lowest BCUT2D eigenvalue weighted by molar-refractivity contribution is -0.145. The van der Waals surface area contributed by atoms with Crippen LogP contribution in [0.15, 0.2) is 28.8 Å². The minimum atomic E-state index is -0.263. The molecule has 1 unspecified atom stereocenters. The summed E-state index contributed by atoms with van der Waals surface area (Å²) in [6, 6.07) is 7.32. The second kappa shape index (κ2) is 5.94. The van der Waals surface area contributed by atoms with Gasteiger partial charge in [0.1, 0.15) is 6.10 Å². The molecule has 0 bridgehead atoms. The zero-order valence-electron chi connectivity index (χ0n) is 12.4. The zero-order valence-corrected chi connectivity index (χ0v) is 13.2. The number of aromatic nitrogens is 2. The van der Waals surface area contributed by atoms with E-state index in [1.54, 1.807) is 17.0 Å². The van der Waals surface area contributed by atoms with Crippen molar-refractivity contribution in [3.05, 3.63) is 35.2 Å². The van der Waals surface area contributed by atoms with Crippen molar-refractivity contribution in [2.45, 2.75) is 24.9 Å². The fourth-order valence-electron chi connectivity index (χ4n) is 2.94.